The molecule has 0 saturated carbocycles. The zero-order chi connectivity index (χ0) is 23.5. The molecule has 2 aliphatic heterocycles. The molecule has 2 aliphatic rings. The van der Waals surface area contributed by atoms with Crippen molar-refractivity contribution < 1.29 is 19.4 Å². The molecule has 0 bridgehead atoms. The molecule has 34 heavy (non-hydrogen) atoms. The maximum absolute atomic E-state index is 13.3. The maximum atomic E-state index is 13.3. The number of nitrogens with zero attached hydrogens (tertiary/aromatic N) is 4. The standard InChI is InChI=1S/C22H21N7O4S/c30-19(22(28-21(31)32)5-1-4-16(27-22)14-3-2-6-23-12-14)25-15-11-17-18(24-13-15)26-20(34-17)29-7-9-33-10-8-29/h1-6,11-13,27-28H,7-10H2,(H,25,30)(H,31,32). The molecule has 0 aromatic carbocycles. The summed E-state index contributed by atoms with van der Waals surface area (Å²) in [7, 11) is 0. The van der Waals surface area contributed by atoms with Crippen molar-refractivity contribution in [3.8, 4) is 0 Å². The lowest BCUT2D eigenvalue weighted by molar-refractivity contribution is -0.121. The van der Waals surface area contributed by atoms with Crippen LogP contribution in [0.3, 0.4) is 0 Å². The number of carbonyl (C=O) groups excluding carboxylic acids is 1. The first kappa shape index (κ1) is 21.8. The van der Waals surface area contributed by atoms with E-state index < -0.39 is 17.7 Å². The molecule has 1 unspecified atom stereocenters. The van der Waals surface area contributed by atoms with Gasteiger partial charge in [-0.1, -0.05) is 17.4 Å². The number of anilines is 2. The van der Waals surface area contributed by atoms with Gasteiger partial charge in [-0.15, -0.1) is 0 Å². The van der Waals surface area contributed by atoms with Gasteiger partial charge in [0.15, 0.2) is 10.8 Å². The quantitative estimate of drug-likeness (QED) is 0.432. The second kappa shape index (κ2) is 9.08. The van der Waals surface area contributed by atoms with Crippen LogP contribution in [0.5, 0.6) is 0 Å². The summed E-state index contributed by atoms with van der Waals surface area (Å²) < 4.78 is 6.20. The van der Waals surface area contributed by atoms with Crippen molar-refractivity contribution in [2.75, 3.05) is 36.5 Å². The first-order valence-corrected chi connectivity index (χ1v) is 11.3. The Morgan fingerprint density at radius 2 is 2.12 bits per heavy atom. The Bertz CT molecular complexity index is 1290. The second-order valence-corrected chi connectivity index (χ2v) is 8.65. The summed E-state index contributed by atoms with van der Waals surface area (Å²) in [5.41, 5.74) is 0.535. The van der Waals surface area contributed by atoms with Crippen molar-refractivity contribution >= 4 is 50.2 Å². The number of carboxylic acid groups (broad SMARTS) is 1. The zero-order valence-electron chi connectivity index (χ0n) is 17.9. The molecular weight excluding hydrogens is 458 g/mol. The Morgan fingerprint density at radius 3 is 2.88 bits per heavy atom. The molecule has 12 heteroatoms. The summed E-state index contributed by atoms with van der Waals surface area (Å²) in [4.78, 5) is 40.1. The SMILES string of the molecule is O=C(O)NC1(C(=O)Nc2cnc3nc(N4CCOCC4)sc3c2)C=CC=C(c2cccnc2)N1. The van der Waals surface area contributed by atoms with Crippen LogP contribution in [0.25, 0.3) is 16.0 Å². The lowest BCUT2D eigenvalue weighted by Crippen LogP contribution is -2.64. The molecule has 5 heterocycles. The van der Waals surface area contributed by atoms with E-state index >= 15 is 0 Å². The van der Waals surface area contributed by atoms with Gasteiger partial charge in [0.2, 0.25) is 5.66 Å². The van der Waals surface area contributed by atoms with E-state index in [0.29, 0.717) is 35.8 Å². The van der Waals surface area contributed by atoms with E-state index in [1.165, 1.54) is 23.6 Å². The number of aromatic nitrogens is 3. The molecule has 11 nitrogen and oxygen atoms in total. The maximum Gasteiger partial charge on any atom is 0.407 e. The minimum Gasteiger partial charge on any atom is -0.465 e. The number of fused-ring (bicyclic) bond motifs is 1. The molecule has 2 amide bonds. The van der Waals surface area contributed by atoms with E-state index in [1.54, 1.807) is 36.7 Å². The average molecular weight is 480 g/mol. The number of pyridine rings is 2. The van der Waals surface area contributed by atoms with E-state index in [0.717, 1.165) is 22.9 Å². The summed E-state index contributed by atoms with van der Waals surface area (Å²) in [5, 5.41) is 18.4. The van der Waals surface area contributed by atoms with Gasteiger partial charge in [-0.25, -0.2) is 9.78 Å². The Hall–Kier alpha value is -4.03. The van der Waals surface area contributed by atoms with Crippen molar-refractivity contribution in [1.82, 2.24) is 25.6 Å². The minimum absolute atomic E-state index is 0.425. The van der Waals surface area contributed by atoms with Gasteiger partial charge in [0, 0.05) is 36.7 Å². The zero-order valence-corrected chi connectivity index (χ0v) is 18.7. The van der Waals surface area contributed by atoms with Gasteiger partial charge >= 0.3 is 6.09 Å². The first-order valence-electron chi connectivity index (χ1n) is 10.5. The molecule has 3 aromatic rings. The third kappa shape index (κ3) is 4.40. The Labute approximate surface area is 198 Å². The van der Waals surface area contributed by atoms with Crippen LogP contribution < -0.4 is 20.9 Å². The van der Waals surface area contributed by atoms with E-state index in [4.69, 9.17) is 4.74 Å². The lowest BCUT2D eigenvalue weighted by Gasteiger charge is -2.34. The molecule has 1 saturated heterocycles. The number of allylic oxidation sites excluding steroid dienone is 2. The van der Waals surface area contributed by atoms with Crippen molar-refractivity contribution in [2.24, 2.45) is 0 Å². The second-order valence-electron chi connectivity index (χ2n) is 7.64. The van der Waals surface area contributed by atoms with Crippen LogP contribution in [-0.2, 0) is 9.53 Å². The fraction of sp³-hybridized carbons (Fsp3) is 0.227. The normalized spacial score (nSPS) is 19.9. The van der Waals surface area contributed by atoms with Gasteiger partial charge in [-0.05, 0) is 30.4 Å². The molecule has 5 rings (SSSR count). The van der Waals surface area contributed by atoms with Gasteiger partial charge in [0.25, 0.3) is 5.91 Å². The highest BCUT2D eigenvalue weighted by atomic mass is 32.1. The van der Waals surface area contributed by atoms with E-state index in [2.05, 4.69) is 35.8 Å². The van der Waals surface area contributed by atoms with Crippen LogP contribution >= 0.6 is 11.3 Å². The van der Waals surface area contributed by atoms with Crippen LogP contribution in [-0.4, -0.2) is 64.0 Å². The summed E-state index contributed by atoms with van der Waals surface area (Å²) in [6, 6.07) is 5.34. The van der Waals surface area contributed by atoms with Gasteiger partial charge in [-0.3, -0.25) is 15.1 Å². The van der Waals surface area contributed by atoms with Crippen LogP contribution in [0, 0.1) is 0 Å². The highest BCUT2D eigenvalue weighted by molar-refractivity contribution is 7.22. The molecule has 1 fully saturated rings. The average Bonchev–Trinajstić information content (AvgIpc) is 3.28. The first-order chi connectivity index (χ1) is 16.5. The highest BCUT2D eigenvalue weighted by Crippen LogP contribution is 2.30. The number of ether oxygens (including phenoxy) is 1. The molecule has 0 spiro atoms. The highest BCUT2D eigenvalue weighted by Gasteiger charge is 2.40. The van der Waals surface area contributed by atoms with Crippen molar-refractivity contribution in [2.45, 2.75) is 5.66 Å². The molecule has 1 atom stereocenters. The molecule has 0 aliphatic carbocycles. The fourth-order valence-corrected chi connectivity index (χ4v) is 4.72. The Balaban J connectivity index is 1.39. The predicted octanol–water partition coefficient (Wildman–Crippen LogP) is 2.03. The number of amides is 2. The number of hydrogen-bond donors (Lipinski definition) is 4. The number of rotatable bonds is 5. The van der Waals surface area contributed by atoms with Crippen LogP contribution in [0.15, 0.2) is 55.0 Å². The molecule has 4 N–H and O–H groups in total. The van der Waals surface area contributed by atoms with E-state index in [1.807, 2.05) is 6.07 Å². The number of thiazole rings is 1. The fourth-order valence-electron chi connectivity index (χ4n) is 3.70. The largest absolute Gasteiger partial charge is 0.465 e. The van der Waals surface area contributed by atoms with E-state index in [9.17, 15) is 14.7 Å². The Kier molecular flexibility index (Phi) is 5.82. The van der Waals surface area contributed by atoms with Gasteiger partial charge in [0.1, 0.15) is 0 Å². The Morgan fingerprint density at radius 1 is 1.26 bits per heavy atom. The monoisotopic (exact) mass is 479 g/mol. The topological polar surface area (TPSA) is 142 Å². The van der Waals surface area contributed by atoms with E-state index in [-0.39, 0.29) is 0 Å². The molecule has 0 radical (unpaired) electrons. The smallest absolute Gasteiger partial charge is 0.407 e. The summed E-state index contributed by atoms with van der Waals surface area (Å²) in [6.07, 6.45) is 8.21. The molecule has 174 valence electrons. The third-order valence-corrected chi connectivity index (χ3v) is 6.40. The lowest BCUT2D eigenvalue weighted by atomic mass is 10.0. The minimum atomic E-state index is -1.73. The summed E-state index contributed by atoms with van der Waals surface area (Å²) >= 11 is 1.48. The molecule has 3 aromatic heterocycles. The number of carbonyl (C=O) groups is 2. The van der Waals surface area contributed by atoms with Crippen molar-refractivity contribution in [3.63, 3.8) is 0 Å². The number of hydrogen-bond acceptors (Lipinski definition) is 9. The number of nitrogens with one attached hydrogen (secondary N) is 3. The van der Waals surface area contributed by atoms with Crippen LogP contribution in [0.1, 0.15) is 5.56 Å². The predicted molar refractivity (Wildman–Crippen MR) is 127 cm³/mol. The van der Waals surface area contributed by atoms with Gasteiger partial charge < -0.3 is 25.4 Å². The third-order valence-electron chi connectivity index (χ3n) is 5.35. The van der Waals surface area contributed by atoms with Gasteiger partial charge in [-0.2, -0.15) is 4.98 Å². The van der Waals surface area contributed by atoms with Gasteiger partial charge in [0.05, 0.1) is 29.8 Å². The summed E-state index contributed by atoms with van der Waals surface area (Å²) in [6.45, 7) is 2.83. The summed E-state index contributed by atoms with van der Waals surface area (Å²) in [5.74, 6) is -0.611. The van der Waals surface area contributed by atoms with Crippen molar-refractivity contribution in [1.29, 1.82) is 0 Å². The van der Waals surface area contributed by atoms with Crippen LogP contribution in [0.4, 0.5) is 15.6 Å². The van der Waals surface area contributed by atoms with Crippen LogP contribution in [0.2, 0.25) is 0 Å². The number of morpholine rings is 1. The number of dihydropyridines is 1. The molecular formula is C22H21N7O4S. The van der Waals surface area contributed by atoms with Crippen molar-refractivity contribution in [3.05, 3.63) is 60.6 Å².